The predicted molar refractivity (Wildman–Crippen MR) is 66.9 cm³/mol. The highest BCUT2D eigenvalue weighted by atomic mass is 16.5. The molecule has 0 N–H and O–H groups in total. The minimum atomic E-state index is 0.148. The average Bonchev–Trinajstić information content (AvgIpc) is 2.74. The quantitative estimate of drug-likeness (QED) is 0.697. The topological polar surface area (TPSA) is 44.1 Å². The second-order valence-electron chi connectivity index (χ2n) is 4.34. The Morgan fingerprint density at radius 3 is 3.00 bits per heavy atom. The third-order valence-corrected chi connectivity index (χ3v) is 2.85. The number of rotatable bonds is 8. The molecule has 0 fully saturated rings. The van der Waals surface area contributed by atoms with Gasteiger partial charge in [0.1, 0.15) is 11.6 Å². The third kappa shape index (κ3) is 4.69. The van der Waals surface area contributed by atoms with E-state index >= 15 is 0 Å². The van der Waals surface area contributed by atoms with Crippen molar-refractivity contribution >= 4 is 5.78 Å². The number of aromatic nitrogens is 2. The first-order chi connectivity index (χ1) is 8.17. The fourth-order valence-corrected chi connectivity index (χ4v) is 1.70. The zero-order valence-electron chi connectivity index (χ0n) is 11.0. The fraction of sp³-hybridized carbons (Fsp3) is 0.692. The van der Waals surface area contributed by atoms with Gasteiger partial charge in [0.05, 0.1) is 12.5 Å². The van der Waals surface area contributed by atoms with Gasteiger partial charge in [-0.1, -0.05) is 6.92 Å². The second-order valence-corrected chi connectivity index (χ2v) is 4.34. The predicted octanol–water partition coefficient (Wildman–Crippen LogP) is 2.22. The van der Waals surface area contributed by atoms with Gasteiger partial charge in [-0.25, -0.2) is 4.98 Å². The van der Waals surface area contributed by atoms with Crippen molar-refractivity contribution in [3.8, 4) is 0 Å². The summed E-state index contributed by atoms with van der Waals surface area (Å²) >= 11 is 0. The molecular weight excluding hydrogens is 216 g/mol. The van der Waals surface area contributed by atoms with Crippen LogP contribution in [0.1, 0.15) is 38.9 Å². The first-order valence-corrected chi connectivity index (χ1v) is 6.21. The second kappa shape index (κ2) is 7.22. The molecule has 0 saturated carbocycles. The molecule has 0 spiro atoms. The van der Waals surface area contributed by atoms with Gasteiger partial charge >= 0.3 is 0 Å². The van der Waals surface area contributed by atoms with Gasteiger partial charge in [0.25, 0.3) is 0 Å². The third-order valence-electron chi connectivity index (χ3n) is 2.85. The Labute approximate surface area is 103 Å². The molecule has 1 atom stereocenters. The largest absolute Gasteiger partial charge is 0.382 e. The summed E-state index contributed by atoms with van der Waals surface area (Å²) < 4.78 is 7.18. The van der Waals surface area contributed by atoms with Crippen molar-refractivity contribution in [2.24, 2.45) is 0 Å². The van der Waals surface area contributed by atoms with E-state index in [1.54, 1.807) is 13.3 Å². The number of aryl methyl sites for hydroxylation is 1. The van der Waals surface area contributed by atoms with Crippen LogP contribution in [0.3, 0.4) is 0 Å². The molecule has 0 saturated heterocycles. The van der Waals surface area contributed by atoms with Gasteiger partial charge in [-0.2, -0.15) is 0 Å². The lowest BCUT2D eigenvalue weighted by molar-refractivity contribution is -0.119. The average molecular weight is 238 g/mol. The van der Waals surface area contributed by atoms with Gasteiger partial charge in [0, 0.05) is 32.5 Å². The van der Waals surface area contributed by atoms with Crippen LogP contribution in [-0.4, -0.2) is 28.5 Å². The molecule has 0 aromatic carbocycles. The Hall–Kier alpha value is -1.16. The number of methoxy groups -OCH3 is 1. The monoisotopic (exact) mass is 238 g/mol. The molecule has 1 aromatic rings. The molecule has 1 rings (SSSR count). The molecule has 0 aliphatic heterocycles. The number of Topliss-reactive ketones (excluding diaryl/α,β-unsaturated/α-hetero) is 1. The summed E-state index contributed by atoms with van der Waals surface area (Å²) in [6.07, 6.45) is 6.67. The minimum absolute atomic E-state index is 0.148. The Morgan fingerprint density at radius 1 is 1.59 bits per heavy atom. The van der Waals surface area contributed by atoms with Crippen LogP contribution in [0.25, 0.3) is 0 Å². The normalized spacial score (nSPS) is 12.6. The highest BCUT2D eigenvalue weighted by Gasteiger charge is 2.10. The summed E-state index contributed by atoms with van der Waals surface area (Å²) in [7, 11) is 1.67. The zero-order valence-corrected chi connectivity index (χ0v) is 11.0. The maximum Gasteiger partial charge on any atom is 0.140 e. The standard InChI is InChI=1S/C13H22N2O2/c1-4-8-15-9-7-14-13(15)10-12(16)6-5-11(2)17-3/h7,9,11H,4-6,8,10H2,1-3H3. The van der Waals surface area contributed by atoms with E-state index in [-0.39, 0.29) is 11.9 Å². The summed E-state index contributed by atoms with van der Waals surface area (Å²) in [4.78, 5) is 16.0. The maximum atomic E-state index is 11.8. The summed E-state index contributed by atoms with van der Waals surface area (Å²) in [5.41, 5.74) is 0. The van der Waals surface area contributed by atoms with Crippen molar-refractivity contribution in [1.82, 2.24) is 9.55 Å². The lowest BCUT2D eigenvalue weighted by atomic mass is 10.1. The summed E-state index contributed by atoms with van der Waals surface area (Å²) in [5, 5.41) is 0. The lowest BCUT2D eigenvalue weighted by Crippen LogP contribution is -2.13. The van der Waals surface area contributed by atoms with Gasteiger partial charge in [0.15, 0.2) is 0 Å². The van der Waals surface area contributed by atoms with E-state index in [0.29, 0.717) is 12.8 Å². The molecule has 0 radical (unpaired) electrons. The van der Waals surface area contributed by atoms with Crippen molar-refractivity contribution in [1.29, 1.82) is 0 Å². The lowest BCUT2D eigenvalue weighted by Gasteiger charge is -2.09. The molecule has 17 heavy (non-hydrogen) atoms. The smallest absolute Gasteiger partial charge is 0.140 e. The zero-order chi connectivity index (χ0) is 12.7. The Morgan fingerprint density at radius 2 is 2.35 bits per heavy atom. The highest BCUT2D eigenvalue weighted by molar-refractivity contribution is 5.80. The van der Waals surface area contributed by atoms with Crippen LogP contribution >= 0.6 is 0 Å². The van der Waals surface area contributed by atoms with E-state index in [4.69, 9.17) is 4.74 Å². The first-order valence-electron chi connectivity index (χ1n) is 6.21. The number of nitrogens with zero attached hydrogens (tertiary/aromatic N) is 2. The van der Waals surface area contributed by atoms with Gasteiger partial charge in [-0.15, -0.1) is 0 Å². The van der Waals surface area contributed by atoms with Crippen LogP contribution in [0, 0.1) is 0 Å². The maximum absolute atomic E-state index is 11.8. The van der Waals surface area contributed by atoms with Crippen LogP contribution in [0.15, 0.2) is 12.4 Å². The molecular formula is C13H22N2O2. The molecule has 96 valence electrons. The van der Waals surface area contributed by atoms with Crippen molar-refractivity contribution < 1.29 is 9.53 Å². The van der Waals surface area contributed by atoms with Gasteiger partial charge < -0.3 is 9.30 Å². The van der Waals surface area contributed by atoms with E-state index in [1.165, 1.54) is 0 Å². The van der Waals surface area contributed by atoms with Crippen molar-refractivity contribution in [3.05, 3.63) is 18.2 Å². The van der Waals surface area contributed by atoms with Gasteiger partial charge in [-0.3, -0.25) is 4.79 Å². The van der Waals surface area contributed by atoms with Crippen molar-refractivity contribution in [2.75, 3.05) is 7.11 Å². The number of carbonyl (C=O) groups excluding carboxylic acids is 1. The first kappa shape index (κ1) is 13.9. The molecule has 1 aromatic heterocycles. The van der Waals surface area contributed by atoms with Crippen molar-refractivity contribution in [2.45, 2.75) is 52.2 Å². The molecule has 1 heterocycles. The number of hydrogen-bond donors (Lipinski definition) is 0. The summed E-state index contributed by atoms with van der Waals surface area (Å²) in [6, 6.07) is 0. The molecule has 0 aliphatic rings. The van der Waals surface area contributed by atoms with Crippen LogP contribution < -0.4 is 0 Å². The number of ketones is 1. The number of ether oxygens (including phenoxy) is 1. The highest BCUT2D eigenvalue weighted by Crippen LogP contribution is 2.06. The summed E-state index contributed by atoms with van der Waals surface area (Å²) in [6.45, 7) is 5.02. The molecule has 0 aliphatic carbocycles. The number of hydrogen-bond acceptors (Lipinski definition) is 3. The Balaban J connectivity index is 2.42. The molecule has 0 bridgehead atoms. The van der Waals surface area contributed by atoms with E-state index in [0.717, 1.165) is 25.2 Å². The number of imidazole rings is 1. The molecule has 4 heteroatoms. The SMILES string of the molecule is CCCn1ccnc1CC(=O)CCC(C)OC. The molecule has 1 unspecified atom stereocenters. The van der Waals surface area contributed by atoms with E-state index in [2.05, 4.69) is 16.5 Å². The molecule has 4 nitrogen and oxygen atoms in total. The fourth-order valence-electron chi connectivity index (χ4n) is 1.70. The molecule has 0 amide bonds. The van der Waals surface area contributed by atoms with Crippen LogP contribution in [0.5, 0.6) is 0 Å². The van der Waals surface area contributed by atoms with Crippen LogP contribution in [-0.2, 0) is 22.5 Å². The Bertz CT molecular complexity index is 347. The minimum Gasteiger partial charge on any atom is -0.382 e. The summed E-state index contributed by atoms with van der Waals surface area (Å²) in [5.74, 6) is 1.11. The van der Waals surface area contributed by atoms with Gasteiger partial charge in [-0.05, 0) is 19.8 Å². The van der Waals surface area contributed by atoms with Crippen molar-refractivity contribution in [3.63, 3.8) is 0 Å². The van der Waals surface area contributed by atoms with E-state index in [9.17, 15) is 4.79 Å². The van der Waals surface area contributed by atoms with E-state index in [1.807, 2.05) is 13.1 Å². The van der Waals surface area contributed by atoms with Gasteiger partial charge in [0.2, 0.25) is 0 Å². The van der Waals surface area contributed by atoms with Crippen LogP contribution in [0.4, 0.5) is 0 Å². The van der Waals surface area contributed by atoms with Crippen LogP contribution in [0.2, 0.25) is 0 Å². The Kier molecular flexibility index (Phi) is 5.91. The van der Waals surface area contributed by atoms with E-state index < -0.39 is 0 Å². The number of carbonyl (C=O) groups is 1.